The van der Waals surface area contributed by atoms with E-state index < -0.39 is 0 Å². The van der Waals surface area contributed by atoms with Gasteiger partial charge in [-0.3, -0.25) is 14.5 Å². The summed E-state index contributed by atoms with van der Waals surface area (Å²) < 4.78 is 0. The maximum Gasteiger partial charge on any atom is 0.233 e. The van der Waals surface area contributed by atoms with Gasteiger partial charge in [0.25, 0.3) is 0 Å². The molecule has 1 saturated heterocycles. The number of carbonyl (C=O) groups excluding carboxylic acids is 2. The Labute approximate surface area is 124 Å². The molecule has 1 fully saturated rings. The zero-order chi connectivity index (χ0) is 15.4. The highest BCUT2D eigenvalue weighted by molar-refractivity contribution is 6.04. The highest BCUT2D eigenvalue weighted by Gasteiger charge is 2.41. The summed E-state index contributed by atoms with van der Waals surface area (Å²) in [7, 11) is 0. The third-order valence-electron chi connectivity index (χ3n) is 3.83. The van der Waals surface area contributed by atoms with Gasteiger partial charge >= 0.3 is 0 Å². The summed E-state index contributed by atoms with van der Waals surface area (Å²) in [5, 5.41) is 8.67. The van der Waals surface area contributed by atoms with Crippen LogP contribution >= 0.6 is 0 Å². The third-order valence-corrected chi connectivity index (χ3v) is 3.83. The Balaban J connectivity index is 2.06. The van der Waals surface area contributed by atoms with Gasteiger partial charge < -0.3 is 5.11 Å². The van der Waals surface area contributed by atoms with Crippen molar-refractivity contribution in [3.63, 3.8) is 0 Å². The predicted molar refractivity (Wildman–Crippen MR) is 78.9 cm³/mol. The van der Waals surface area contributed by atoms with Crippen LogP contribution in [0.4, 0.5) is 0 Å². The van der Waals surface area contributed by atoms with Gasteiger partial charge in [-0.1, -0.05) is 37.8 Å². The van der Waals surface area contributed by atoms with E-state index in [1.165, 1.54) is 4.90 Å². The summed E-state index contributed by atoms with van der Waals surface area (Å²) in [6.45, 7) is 3.97. The predicted octanol–water partition coefficient (Wildman–Crippen LogP) is 1.56. The summed E-state index contributed by atoms with van der Waals surface area (Å²) in [4.78, 5) is 25.4. The Hall–Kier alpha value is -2.12. The molecule has 2 atom stereocenters. The van der Waals surface area contributed by atoms with Crippen LogP contribution in [-0.2, 0) is 16.1 Å². The fraction of sp³-hybridized carbons (Fsp3) is 0.412. The monoisotopic (exact) mass is 285 g/mol. The van der Waals surface area contributed by atoms with Crippen LogP contribution < -0.4 is 0 Å². The van der Waals surface area contributed by atoms with Crippen LogP contribution in [0.15, 0.2) is 24.3 Å². The van der Waals surface area contributed by atoms with Gasteiger partial charge in [-0.2, -0.15) is 0 Å². The number of hydrogen-bond donors (Lipinski definition) is 1. The van der Waals surface area contributed by atoms with Crippen molar-refractivity contribution in [2.24, 2.45) is 11.8 Å². The van der Waals surface area contributed by atoms with Crippen LogP contribution in [0.25, 0.3) is 0 Å². The van der Waals surface area contributed by atoms with E-state index in [1.807, 2.05) is 24.3 Å². The van der Waals surface area contributed by atoms with Crippen molar-refractivity contribution in [2.75, 3.05) is 6.61 Å². The molecule has 2 rings (SSSR count). The van der Waals surface area contributed by atoms with Crippen molar-refractivity contribution in [3.8, 4) is 11.8 Å². The molecule has 0 saturated carbocycles. The molecule has 1 heterocycles. The zero-order valence-electron chi connectivity index (χ0n) is 12.3. The molecule has 2 unspecified atom stereocenters. The topological polar surface area (TPSA) is 57.6 Å². The van der Waals surface area contributed by atoms with Crippen molar-refractivity contribution in [1.29, 1.82) is 0 Å². The van der Waals surface area contributed by atoms with Gasteiger partial charge in [0, 0.05) is 23.8 Å². The van der Waals surface area contributed by atoms with Gasteiger partial charge in [-0.25, -0.2) is 0 Å². The number of imide groups is 1. The molecule has 21 heavy (non-hydrogen) atoms. The number of carbonyl (C=O) groups is 2. The van der Waals surface area contributed by atoms with Crippen molar-refractivity contribution in [2.45, 2.75) is 26.8 Å². The molecule has 1 aliphatic rings. The number of amides is 2. The lowest BCUT2D eigenvalue weighted by molar-refractivity contribution is -0.140. The first-order chi connectivity index (χ1) is 10.0. The minimum atomic E-state index is -0.235. The standard InChI is InChI=1S/C17H19NO3/c1-12-13(2)17(21)18(16(12)20)11-15-8-6-14(7-9-15)5-3-4-10-19/h6-9,12-13,19H,4,10-11H2,1-2H3. The van der Waals surface area contributed by atoms with Crippen molar-refractivity contribution >= 4 is 11.8 Å². The molecule has 0 aromatic heterocycles. The molecular weight excluding hydrogens is 266 g/mol. The van der Waals surface area contributed by atoms with Crippen molar-refractivity contribution < 1.29 is 14.7 Å². The molecule has 1 aliphatic heterocycles. The molecule has 1 N–H and O–H groups in total. The van der Waals surface area contributed by atoms with Gasteiger partial charge in [-0.15, -0.1) is 0 Å². The first-order valence-corrected chi connectivity index (χ1v) is 7.08. The summed E-state index contributed by atoms with van der Waals surface area (Å²) in [6, 6.07) is 7.46. The molecule has 0 spiro atoms. The largest absolute Gasteiger partial charge is 0.395 e. The van der Waals surface area contributed by atoms with Gasteiger partial charge in [0.2, 0.25) is 11.8 Å². The second-order valence-corrected chi connectivity index (χ2v) is 5.31. The van der Waals surface area contributed by atoms with E-state index in [9.17, 15) is 9.59 Å². The lowest BCUT2D eigenvalue weighted by atomic mass is 10.00. The molecule has 110 valence electrons. The summed E-state index contributed by atoms with van der Waals surface area (Å²) >= 11 is 0. The maximum absolute atomic E-state index is 12.0. The SMILES string of the molecule is CC1C(=O)N(Cc2ccc(C#CCCO)cc2)C(=O)C1C. The molecule has 4 heteroatoms. The van der Waals surface area contributed by atoms with E-state index in [0.717, 1.165) is 11.1 Å². The first kappa shape index (κ1) is 15.3. The molecular formula is C17H19NO3. The zero-order valence-corrected chi connectivity index (χ0v) is 12.3. The number of benzene rings is 1. The summed E-state index contributed by atoms with van der Waals surface area (Å²) in [6.07, 6.45) is 0.453. The van der Waals surface area contributed by atoms with Crippen LogP contribution in [-0.4, -0.2) is 28.4 Å². The van der Waals surface area contributed by atoms with Crippen LogP contribution in [0, 0.1) is 23.7 Å². The van der Waals surface area contributed by atoms with E-state index in [2.05, 4.69) is 11.8 Å². The first-order valence-electron chi connectivity index (χ1n) is 7.08. The van der Waals surface area contributed by atoms with Crippen LogP contribution in [0.3, 0.4) is 0 Å². The van der Waals surface area contributed by atoms with E-state index in [4.69, 9.17) is 5.11 Å². The van der Waals surface area contributed by atoms with E-state index >= 15 is 0 Å². The normalized spacial score (nSPS) is 21.4. The fourth-order valence-corrected chi connectivity index (χ4v) is 2.28. The number of aliphatic hydroxyl groups excluding tert-OH is 1. The lowest BCUT2D eigenvalue weighted by Crippen LogP contribution is -2.30. The molecule has 0 aliphatic carbocycles. The third kappa shape index (κ3) is 3.32. The fourth-order valence-electron chi connectivity index (χ4n) is 2.28. The van der Waals surface area contributed by atoms with E-state index in [1.54, 1.807) is 13.8 Å². The molecule has 0 bridgehead atoms. The minimum Gasteiger partial charge on any atom is -0.395 e. The second-order valence-electron chi connectivity index (χ2n) is 5.31. The highest BCUT2D eigenvalue weighted by atomic mass is 16.2. The lowest BCUT2D eigenvalue weighted by Gasteiger charge is -2.14. The van der Waals surface area contributed by atoms with Crippen LogP contribution in [0.1, 0.15) is 31.4 Å². The Morgan fingerprint density at radius 2 is 1.67 bits per heavy atom. The van der Waals surface area contributed by atoms with Crippen molar-refractivity contribution in [1.82, 2.24) is 4.90 Å². The van der Waals surface area contributed by atoms with Gasteiger partial charge in [-0.05, 0) is 17.7 Å². The van der Waals surface area contributed by atoms with Crippen LogP contribution in [0.5, 0.6) is 0 Å². The summed E-state index contributed by atoms with van der Waals surface area (Å²) in [5.74, 6) is 5.13. The molecule has 1 aromatic rings. The molecule has 2 amide bonds. The Kier molecular flexibility index (Phi) is 4.77. The minimum absolute atomic E-state index is 0.0562. The molecule has 1 aromatic carbocycles. The van der Waals surface area contributed by atoms with Gasteiger partial charge in [0.15, 0.2) is 0 Å². The number of hydrogen-bond acceptors (Lipinski definition) is 3. The molecule has 0 radical (unpaired) electrons. The summed E-state index contributed by atoms with van der Waals surface area (Å²) in [5.41, 5.74) is 1.76. The highest BCUT2D eigenvalue weighted by Crippen LogP contribution is 2.26. The number of aliphatic hydroxyl groups is 1. The maximum atomic E-state index is 12.0. The van der Waals surface area contributed by atoms with E-state index in [0.29, 0.717) is 13.0 Å². The number of likely N-dealkylation sites (tertiary alicyclic amines) is 1. The Morgan fingerprint density at radius 1 is 1.10 bits per heavy atom. The van der Waals surface area contributed by atoms with E-state index in [-0.39, 0.29) is 30.3 Å². The van der Waals surface area contributed by atoms with Gasteiger partial charge in [0.05, 0.1) is 13.2 Å². The second kappa shape index (κ2) is 6.55. The Morgan fingerprint density at radius 3 is 2.19 bits per heavy atom. The number of rotatable bonds is 3. The smallest absolute Gasteiger partial charge is 0.233 e. The van der Waals surface area contributed by atoms with Crippen LogP contribution in [0.2, 0.25) is 0 Å². The van der Waals surface area contributed by atoms with Gasteiger partial charge in [0.1, 0.15) is 0 Å². The quantitative estimate of drug-likeness (QED) is 0.677. The average molecular weight is 285 g/mol. The molecule has 4 nitrogen and oxygen atoms in total. The number of nitrogens with zero attached hydrogens (tertiary/aromatic N) is 1. The van der Waals surface area contributed by atoms with Crippen molar-refractivity contribution in [3.05, 3.63) is 35.4 Å². The average Bonchev–Trinajstić information content (AvgIpc) is 2.67. The Bertz CT molecular complexity index is 575.